The van der Waals surface area contributed by atoms with Crippen molar-refractivity contribution in [1.82, 2.24) is 4.31 Å². The van der Waals surface area contributed by atoms with Crippen LogP contribution in [0.4, 0.5) is 4.39 Å². The number of rotatable bonds is 5. The van der Waals surface area contributed by atoms with Crippen LogP contribution in [-0.2, 0) is 30.7 Å². The molecule has 2 aliphatic rings. The number of carbonyl (C=O) groups excluding carboxylic acids is 1. The first kappa shape index (κ1) is 24.1. The van der Waals surface area contributed by atoms with Gasteiger partial charge in [-0.2, -0.15) is 4.31 Å². The van der Waals surface area contributed by atoms with Crippen molar-refractivity contribution in [1.29, 1.82) is 0 Å². The van der Waals surface area contributed by atoms with E-state index in [0.717, 1.165) is 0 Å². The van der Waals surface area contributed by atoms with Crippen molar-refractivity contribution in [2.24, 2.45) is 0 Å². The number of piperidine rings is 1. The van der Waals surface area contributed by atoms with Crippen molar-refractivity contribution in [3.8, 4) is 0 Å². The summed E-state index contributed by atoms with van der Waals surface area (Å²) in [7, 11) is -4.13. The SMILES string of the molecule is Cc1cc(C(=O)OC(C)(C)C)cc(C)c1CC(F)S(=O)(=O)N1CCC2(CC1)OCCO2. The van der Waals surface area contributed by atoms with Crippen LogP contribution < -0.4 is 0 Å². The highest BCUT2D eigenvalue weighted by atomic mass is 32.2. The number of sulfonamides is 1. The molecule has 0 bridgehead atoms. The first-order valence-electron chi connectivity index (χ1n) is 10.6. The number of halogens is 1. The third-order valence-corrected chi connectivity index (χ3v) is 7.57. The zero-order chi connectivity index (χ0) is 23.0. The summed E-state index contributed by atoms with van der Waals surface area (Å²) in [6.45, 7) is 10.2. The average molecular weight is 458 g/mol. The van der Waals surface area contributed by atoms with E-state index in [1.54, 1.807) is 46.8 Å². The molecule has 2 fully saturated rings. The number of ether oxygens (including phenoxy) is 3. The molecule has 7 nitrogen and oxygen atoms in total. The van der Waals surface area contributed by atoms with Crippen molar-refractivity contribution < 1.29 is 31.8 Å². The number of aryl methyl sites for hydroxylation is 2. The van der Waals surface area contributed by atoms with Gasteiger partial charge >= 0.3 is 5.97 Å². The summed E-state index contributed by atoms with van der Waals surface area (Å²) in [6.07, 6.45) is 0.506. The van der Waals surface area contributed by atoms with Gasteiger partial charge in [0.25, 0.3) is 0 Å². The molecule has 1 atom stereocenters. The molecule has 2 saturated heterocycles. The van der Waals surface area contributed by atoms with E-state index in [2.05, 4.69) is 0 Å². The lowest BCUT2D eigenvalue weighted by Crippen LogP contribution is -2.49. The molecule has 31 heavy (non-hydrogen) atoms. The Hall–Kier alpha value is -1.55. The maximum absolute atomic E-state index is 15.1. The van der Waals surface area contributed by atoms with E-state index in [1.807, 2.05) is 0 Å². The van der Waals surface area contributed by atoms with E-state index in [1.165, 1.54) is 4.31 Å². The molecule has 2 aliphatic heterocycles. The Morgan fingerprint density at radius 2 is 1.68 bits per heavy atom. The highest BCUT2D eigenvalue weighted by molar-refractivity contribution is 7.89. The second kappa shape index (κ2) is 8.77. The lowest BCUT2D eigenvalue weighted by molar-refractivity contribution is -0.179. The predicted molar refractivity (Wildman–Crippen MR) is 114 cm³/mol. The normalized spacial score (nSPS) is 20.7. The van der Waals surface area contributed by atoms with Gasteiger partial charge in [0, 0.05) is 32.4 Å². The van der Waals surface area contributed by atoms with Crippen LogP contribution in [0.2, 0.25) is 0 Å². The van der Waals surface area contributed by atoms with Crippen LogP contribution >= 0.6 is 0 Å². The smallest absolute Gasteiger partial charge is 0.338 e. The molecular formula is C22H32FNO6S. The number of esters is 1. The molecule has 9 heteroatoms. The number of hydrogen-bond donors (Lipinski definition) is 0. The Bertz CT molecular complexity index is 901. The second-order valence-corrected chi connectivity index (χ2v) is 11.3. The highest BCUT2D eigenvalue weighted by Gasteiger charge is 2.44. The van der Waals surface area contributed by atoms with Gasteiger partial charge in [0.15, 0.2) is 5.79 Å². The largest absolute Gasteiger partial charge is 0.456 e. The van der Waals surface area contributed by atoms with E-state index in [4.69, 9.17) is 14.2 Å². The van der Waals surface area contributed by atoms with Crippen molar-refractivity contribution in [3.63, 3.8) is 0 Å². The molecule has 174 valence electrons. The van der Waals surface area contributed by atoms with Gasteiger partial charge in [0.1, 0.15) is 5.60 Å². The van der Waals surface area contributed by atoms with Crippen LogP contribution in [0.5, 0.6) is 0 Å². The maximum atomic E-state index is 15.1. The molecular weight excluding hydrogens is 425 g/mol. The van der Waals surface area contributed by atoms with Gasteiger partial charge in [-0.3, -0.25) is 0 Å². The number of nitrogens with zero attached hydrogens (tertiary/aromatic N) is 1. The quantitative estimate of drug-likeness (QED) is 0.632. The first-order chi connectivity index (χ1) is 14.3. The molecule has 1 aromatic carbocycles. The fourth-order valence-corrected chi connectivity index (χ4v) is 5.46. The van der Waals surface area contributed by atoms with Crippen LogP contribution in [0.1, 0.15) is 60.7 Å². The monoisotopic (exact) mass is 457 g/mol. The van der Waals surface area contributed by atoms with E-state index < -0.39 is 32.9 Å². The number of alkyl halides is 1. The van der Waals surface area contributed by atoms with E-state index >= 15 is 4.39 Å². The summed E-state index contributed by atoms with van der Waals surface area (Å²) in [6, 6.07) is 3.24. The fraction of sp³-hybridized carbons (Fsp3) is 0.682. The maximum Gasteiger partial charge on any atom is 0.338 e. The summed E-state index contributed by atoms with van der Waals surface area (Å²) in [5.74, 6) is -1.18. The number of carbonyl (C=O) groups is 1. The highest BCUT2D eigenvalue weighted by Crippen LogP contribution is 2.33. The lowest BCUT2D eigenvalue weighted by Gasteiger charge is -2.37. The Morgan fingerprint density at radius 3 is 2.16 bits per heavy atom. The summed E-state index contributed by atoms with van der Waals surface area (Å²) in [4.78, 5) is 12.4. The molecule has 2 heterocycles. The molecule has 1 aromatic rings. The Morgan fingerprint density at radius 1 is 1.16 bits per heavy atom. The van der Waals surface area contributed by atoms with Crippen molar-refractivity contribution >= 4 is 16.0 Å². The number of hydrogen-bond acceptors (Lipinski definition) is 6. The summed E-state index contributed by atoms with van der Waals surface area (Å²) >= 11 is 0. The van der Waals surface area contributed by atoms with Crippen molar-refractivity contribution in [3.05, 3.63) is 34.4 Å². The molecule has 0 amide bonds. The van der Waals surface area contributed by atoms with Gasteiger partial charge in [0.05, 0.1) is 18.8 Å². The van der Waals surface area contributed by atoms with E-state index in [-0.39, 0.29) is 19.5 Å². The van der Waals surface area contributed by atoms with Crippen LogP contribution in [0, 0.1) is 13.8 Å². The molecule has 0 N–H and O–H groups in total. The Balaban J connectivity index is 1.70. The predicted octanol–water partition coefficient (Wildman–Crippen LogP) is 3.27. The van der Waals surface area contributed by atoms with Crippen LogP contribution in [0.3, 0.4) is 0 Å². The van der Waals surface area contributed by atoms with Gasteiger partial charge in [-0.15, -0.1) is 0 Å². The summed E-state index contributed by atoms with van der Waals surface area (Å²) in [5, 5.41) is 0. The molecule has 0 aromatic heterocycles. The third kappa shape index (κ3) is 5.45. The first-order valence-corrected chi connectivity index (χ1v) is 12.1. The topological polar surface area (TPSA) is 82.1 Å². The van der Waals surface area contributed by atoms with Gasteiger partial charge < -0.3 is 14.2 Å². The lowest BCUT2D eigenvalue weighted by atomic mass is 9.97. The fourth-order valence-electron chi connectivity index (χ4n) is 4.06. The second-order valence-electron chi connectivity index (χ2n) is 9.26. The van der Waals surface area contributed by atoms with Gasteiger partial charge in [-0.25, -0.2) is 17.6 Å². The molecule has 1 unspecified atom stereocenters. The molecule has 3 rings (SSSR count). The number of benzene rings is 1. The van der Waals surface area contributed by atoms with Gasteiger partial charge in [-0.1, -0.05) is 0 Å². The van der Waals surface area contributed by atoms with Gasteiger partial charge in [0.2, 0.25) is 15.5 Å². The molecule has 1 spiro atoms. The van der Waals surface area contributed by atoms with E-state index in [0.29, 0.717) is 48.3 Å². The van der Waals surface area contributed by atoms with Crippen LogP contribution in [0.25, 0.3) is 0 Å². The minimum Gasteiger partial charge on any atom is -0.456 e. The minimum absolute atomic E-state index is 0.165. The van der Waals surface area contributed by atoms with E-state index in [9.17, 15) is 13.2 Å². The Kier molecular flexibility index (Phi) is 6.82. The summed E-state index contributed by atoms with van der Waals surface area (Å²) in [5.41, 5.74) is -0.439. The molecule has 0 saturated carbocycles. The van der Waals surface area contributed by atoms with Crippen LogP contribution in [0.15, 0.2) is 12.1 Å². The van der Waals surface area contributed by atoms with Crippen LogP contribution in [-0.4, -0.2) is 61.9 Å². The minimum atomic E-state index is -4.13. The zero-order valence-electron chi connectivity index (χ0n) is 18.9. The Labute approximate surface area is 183 Å². The standard InChI is InChI=1S/C22H32FNO6S/c1-15-12-17(20(25)30-21(3,4)5)13-16(2)18(15)14-19(23)31(26,27)24-8-6-22(7-9-24)28-10-11-29-22/h12-13,19H,6-11,14H2,1-5H3. The van der Waals surface area contributed by atoms with Gasteiger partial charge in [-0.05, 0) is 63.4 Å². The average Bonchev–Trinajstić information content (AvgIpc) is 3.11. The summed E-state index contributed by atoms with van der Waals surface area (Å²) < 4.78 is 58.6. The third-order valence-electron chi connectivity index (χ3n) is 5.68. The van der Waals surface area contributed by atoms with Crippen molar-refractivity contribution in [2.45, 2.75) is 70.8 Å². The molecule has 0 aliphatic carbocycles. The zero-order valence-corrected chi connectivity index (χ0v) is 19.7. The molecule has 0 radical (unpaired) electrons. The van der Waals surface area contributed by atoms with Crippen molar-refractivity contribution in [2.75, 3.05) is 26.3 Å².